The number of benzene rings is 2. The van der Waals surface area contributed by atoms with Crippen LogP contribution in [0.25, 0.3) is 11.6 Å². The summed E-state index contributed by atoms with van der Waals surface area (Å²) in [6, 6.07) is 8.52. The number of ether oxygens (including phenoxy) is 1. The number of anilines is 1. The average molecular weight is 427 g/mol. The van der Waals surface area contributed by atoms with Gasteiger partial charge in [0.1, 0.15) is 17.5 Å². The third kappa shape index (κ3) is 6.89. The molecule has 2 N–H and O–H groups in total. The van der Waals surface area contributed by atoms with Gasteiger partial charge in [-0.2, -0.15) is 0 Å². The van der Waals surface area contributed by atoms with E-state index in [1.165, 1.54) is 19.2 Å². The predicted molar refractivity (Wildman–Crippen MR) is 122 cm³/mol. The molecule has 7 heteroatoms. The molecule has 0 fully saturated rings. The van der Waals surface area contributed by atoms with Crippen molar-refractivity contribution in [3.8, 4) is 24.3 Å². The number of aromatic nitrogens is 2. The summed E-state index contributed by atoms with van der Waals surface area (Å²) < 4.78 is 33.6. The zero-order chi connectivity index (χ0) is 23.4. The Hall–Kier alpha value is -3.79. The monoisotopic (exact) mass is 427 g/mol. The van der Waals surface area contributed by atoms with Gasteiger partial charge in [-0.15, -0.1) is 12.8 Å². The van der Waals surface area contributed by atoms with Gasteiger partial charge in [-0.3, -0.25) is 0 Å². The summed E-state index contributed by atoms with van der Waals surface area (Å²) in [4.78, 5) is 4.29. The highest BCUT2D eigenvalue weighted by atomic mass is 19.1. The topological polar surface area (TPSA) is 59.3 Å². The number of nitrogens with one attached hydrogen (secondary N) is 1. The number of halogens is 2. The number of methoxy groups -OCH3 is 1. The minimum atomic E-state index is -0.655. The maximum atomic E-state index is 13.7. The number of terminal acetylenes is 1. The highest BCUT2D eigenvalue weighted by molar-refractivity contribution is 5.79. The number of imidazole rings is 1. The zero-order valence-corrected chi connectivity index (χ0v) is 18.1. The maximum absolute atomic E-state index is 13.7. The fraction of sp³-hybridized carbons (Fsp3) is 0.208. The molecule has 0 atom stereocenters. The van der Waals surface area contributed by atoms with E-state index in [9.17, 15) is 13.9 Å². The molecule has 31 heavy (non-hydrogen) atoms. The molecule has 0 amide bonds. The summed E-state index contributed by atoms with van der Waals surface area (Å²) in [6.45, 7) is 6.16. The molecule has 0 spiro atoms. The van der Waals surface area contributed by atoms with E-state index in [0.29, 0.717) is 11.6 Å². The van der Waals surface area contributed by atoms with E-state index in [1.807, 2.05) is 32.9 Å². The Bertz CT molecular complexity index is 1030. The largest absolute Gasteiger partial charge is 0.504 e. The average Bonchev–Trinajstić information content (AvgIpc) is 3.22. The van der Waals surface area contributed by atoms with Crippen molar-refractivity contribution in [1.82, 2.24) is 9.55 Å². The van der Waals surface area contributed by atoms with Gasteiger partial charge in [0.25, 0.3) is 0 Å². The fourth-order valence-corrected chi connectivity index (χ4v) is 2.61. The van der Waals surface area contributed by atoms with Crippen molar-refractivity contribution >= 4 is 17.3 Å². The second kappa shape index (κ2) is 12.7. The zero-order valence-electron chi connectivity index (χ0n) is 18.1. The molecule has 0 aliphatic heterocycles. The van der Waals surface area contributed by atoms with Crippen LogP contribution in [0.3, 0.4) is 0 Å². The Labute approximate surface area is 182 Å². The van der Waals surface area contributed by atoms with Gasteiger partial charge in [-0.1, -0.05) is 19.9 Å². The number of aromatic hydroxyl groups is 1. The molecule has 0 aliphatic carbocycles. The van der Waals surface area contributed by atoms with Crippen LogP contribution in [0.5, 0.6) is 11.5 Å². The van der Waals surface area contributed by atoms with Crippen molar-refractivity contribution in [2.75, 3.05) is 12.4 Å². The van der Waals surface area contributed by atoms with Crippen LogP contribution < -0.4 is 10.1 Å². The normalized spacial score (nSPS) is 10.3. The Kier molecular flexibility index (Phi) is 10.3. The summed E-state index contributed by atoms with van der Waals surface area (Å²) in [6.07, 6.45) is 13.2. The standard InChI is InChI=1S/C20H19F2N3O2.C2H6.C2H2/c1-13(14-3-6-19(27-2)18(26)10-14)9-20-23-7-8-25(20)12-24-17-5-4-15(21)11-16(17)22;2*1-2/h3-11,24,26H,12H2,1-2H3;1-2H3;1-2H/b13-9+;;. The number of phenols is 1. The van der Waals surface area contributed by atoms with Crippen LogP contribution >= 0.6 is 0 Å². The van der Waals surface area contributed by atoms with Crippen molar-refractivity contribution in [1.29, 1.82) is 0 Å². The van der Waals surface area contributed by atoms with Gasteiger partial charge < -0.3 is 19.7 Å². The third-order valence-electron chi connectivity index (χ3n) is 4.10. The summed E-state index contributed by atoms with van der Waals surface area (Å²) >= 11 is 0. The molecule has 1 heterocycles. The minimum absolute atomic E-state index is 0.0551. The van der Waals surface area contributed by atoms with E-state index < -0.39 is 11.6 Å². The summed E-state index contributed by atoms with van der Waals surface area (Å²) in [5.74, 6) is -0.171. The fourth-order valence-electron chi connectivity index (χ4n) is 2.61. The molecule has 2 aromatic carbocycles. The van der Waals surface area contributed by atoms with Gasteiger partial charge >= 0.3 is 0 Å². The van der Waals surface area contributed by atoms with Crippen LogP contribution in [0.1, 0.15) is 32.2 Å². The van der Waals surface area contributed by atoms with Gasteiger partial charge in [-0.25, -0.2) is 13.8 Å². The molecular weight excluding hydrogens is 400 g/mol. The van der Waals surface area contributed by atoms with E-state index in [1.54, 1.807) is 29.1 Å². The Morgan fingerprint density at radius 1 is 1.19 bits per heavy atom. The number of hydrogen-bond donors (Lipinski definition) is 2. The minimum Gasteiger partial charge on any atom is -0.504 e. The molecule has 5 nitrogen and oxygen atoms in total. The maximum Gasteiger partial charge on any atom is 0.160 e. The van der Waals surface area contributed by atoms with Crippen LogP contribution in [0.4, 0.5) is 14.5 Å². The van der Waals surface area contributed by atoms with Gasteiger partial charge in [0.2, 0.25) is 0 Å². The number of phenolic OH excluding ortho intramolecular Hbond substituents is 1. The van der Waals surface area contributed by atoms with E-state index >= 15 is 0 Å². The molecule has 3 aromatic rings. The van der Waals surface area contributed by atoms with E-state index in [-0.39, 0.29) is 18.1 Å². The third-order valence-corrected chi connectivity index (χ3v) is 4.10. The molecule has 3 rings (SSSR count). The lowest BCUT2D eigenvalue weighted by Crippen LogP contribution is -2.10. The SMILES string of the molecule is C#C.CC.COc1ccc(/C(C)=C/c2nccn2CNc2ccc(F)cc2F)cc1O. The van der Waals surface area contributed by atoms with Crippen molar-refractivity contribution < 1.29 is 18.6 Å². The van der Waals surface area contributed by atoms with Crippen molar-refractivity contribution in [3.63, 3.8) is 0 Å². The first-order valence-electron chi connectivity index (χ1n) is 9.57. The quantitative estimate of drug-likeness (QED) is 0.490. The first kappa shape index (κ1) is 25.2. The highest BCUT2D eigenvalue weighted by Crippen LogP contribution is 2.29. The lowest BCUT2D eigenvalue weighted by atomic mass is 10.1. The van der Waals surface area contributed by atoms with Crippen LogP contribution in [-0.2, 0) is 6.67 Å². The second-order valence-corrected chi connectivity index (χ2v) is 5.93. The molecule has 1 aromatic heterocycles. The molecule has 0 saturated carbocycles. The van der Waals surface area contributed by atoms with E-state index in [4.69, 9.17) is 4.74 Å². The Balaban J connectivity index is 0.00000113. The molecule has 0 saturated heterocycles. The lowest BCUT2D eigenvalue weighted by molar-refractivity contribution is 0.373. The molecule has 0 radical (unpaired) electrons. The van der Waals surface area contributed by atoms with Crippen LogP contribution in [0.15, 0.2) is 48.8 Å². The van der Waals surface area contributed by atoms with E-state index in [2.05, 4.69) is 23.1 Å². The Morgan fingerprint density at radius 3 is 2.52 bits per heavy atom. The smallest absolute Gasteiger partial charge is 0.160 e. The number of rotatable bonds is 6. The first-order valence-corrected chi connectivity index (χ1v) is 9.57. The molecule has 164 valence electrons. The van der Waals surface area contributed by atoms with Crippen molar-refractivity contribution in [2.45, 2.75) is 27.4 Å². The van der Waals surface area contributed by atoms with Gasteiger partial charge in [0, 0.05) is 18.5 Å². The molecule has 0 aliphatic rings. The van der Waals surface area contributed by atoms with Crippen LogP contribution in [-0.4, -0.2) is 21.8 Å². The van der Waals surface area contributed by atoms with Gasteiger partial charge in [0.15, 0.2) is 11.5 Å². The summed E-state index contributed by atoms with van der Waals surface area (Å²) in [5, 5.41) is 12.8. The first-order chi connectivity index (χ1) is 15.0. The number of nitrogens with zero attached hydrogens (tertiary/aromatic N) is 2. The van der Waals surface area contributed by atoms with Crippen molar-refractivity contribution in [2.24, 2.45) is 0 Å². The van der Waals surface area contributed by atoms with Crippen LogP contribution in [0, 0.1) is 24.5 Å². The molecule has 0 bridgehead atoms. The van der Waals surface area contributed by atoms with Crippen molar-refractivity contribution in [3.05, 3.63) is 71.8 Å². The number of allylic oxidation sites excluding steroid dienone is 1. The lowest BCUT2D eigenvalue weighted by Gasteiger charge is -2.11. The summed E-state index contributed by atoms with van der Waals surface area (Å²) in [5.41, 5.74) is 1.91. The molecular formula is C24H27F2N3O2. The number of hydrogen-bond acceptors (Lipinski definition) is 4. The Morgan fingerprint density at radius 2 is 1.90 bits per heavy atom. The highest BCUT2D eigenvalue weighted by Gasteiger charge is 2.07. The van der Waals surface area contributed by atoms with Gasteiger partial charge in [0.05, 0.1) is 19.5 Å². The molecule has 0 unspecified atom stereocenters. The van der Waals surface area contributed by atoms with E-state index in [0.717, 1.165) is 17.2 Å². The summed E-state index contributed by atoms with van der Waals surface area (Å²) in [7, 11) is 1.49. The predicted octanol–water partition coefficient (Wildman–Crippen LogP) is 5.78. The second-order valence-electron chi connectivity index (χ2n) is 5.93. The van der Waals surface area contributed by atoms with Crippen LogP contribution in [0.2, 0.25) is 0 Å². The van der Waals surface area contributed by atoms with Gasteiger partial charge in [-0.05, 0) is 48.4 Å².